The summed E-state index contributed by atoms with van der Waals surface area (Å²) < 4.78 is 11.1. The quantitative estimate of drug-likeness (QED) is 0.570. The van der Waals surface area contributed by atoms with E-state index in [0.29, 0.717) is 32.2 Å². The van der Waals surface area contributed by atoms with Gasteiger partial charge in [-0.15, -0.1) is 0 Å². The Kier molecular flexibility index (Phi) is 7.56. The summed E-state index contributed by atoms with van der Waals surface area (Å²) in [6, 6.07) is 11.9. The van der Waals surface area contributed by atoms with Crippen LogP contribution in [-0.4, -0.2) is 31.2 Å². The molecule has 1 heterocycles. The van der Waals surface area contributed by atoms with Gasteiger partial charge in [-0.1, -0.05) is 18.2 Å². The van der Waals surface area contributed by atoms with Gasteiger partial charge >= 0.3 is 0 Å². The molecule has 1 aromatic carbocycles. The summed E-state index contributed by atoms with van der Waals surface area (Å²) in [5.74, 6) is 2.25. The van der Waals surface area contributed by atoms with Crippen LogP contribution in [0.3, 0.4) is 0 Å². The predicted octanol–water partition coefficient (Wildman–Crippen LogP) is 2.74. The van der Waals surface area contributed by atoms with E-state index in [0.717, 1.165) is 22.8 Å². The number of guanidine groups is 1. The SMILES string of the molecule is CCOc1cc(CNC(=NC)NCc2ccccc2OCC)ccn1. The fourth-order valence-corrected chi connectivity index (χ4v) is 2.32. The minimum atomic E-state index is 0.604. The van der Waals surface area contributed by atoms with Crippen LogP contribution in [0.15, 0.2) is 47.6 Å². The topological polar surface area (TPSA) is 67.8 Å². The van der Waals surface area contributed by atoms with Crippen LogP contribution in [0.4, 0.5) is 0 Å². The van der Waals surface area contributed by atoms with Gasteiger partial charge in [-0.05, 0) is 31.5 Å². The van der Waals surface area contributed by atoms with E-state index in [-0.39, 0.29) is 0 Å². The van der Waals surface area contributed by atoms with Crippen LogP contribution in [0, 0.1) is 0 Å². The van der Waals surface area contributed by atoms with Crippen LogP contribution in [0.5, 0.6) is 11.6 Å². The maximum atomic E-state index is 5.65. The van der Waals surface area contributed by atoms with Crippen molar-refractivity contribution in [1.29, 1.82) is 0 Å². The third kappa shape index (κ3) is 5.99. The molecule has 0 saturated carbocycles. The standard InChI is InChI=1S/C19H26N4O2/c1-4-24-17-9-7-6-8-16(17)14-23-19(20-3)22-13-15-10-11-21-18(12-15)25-5-2/h6-12H,4-5,13-14H2,1-3H3,(H2,20,22,23). The second-order valence-electron chi connectivity index (χ2n) is 5.26. The number of rotatable bonds is 8. The number of nitrogens with zero attached hydrogens (tertiary/aromatic N) is 2. The lowest BCUT2D eigenvalue weighted by Crippen LogP contribution is -2.36. The molecule has 0 fully saturated rings. The van der Waals surface area contributed by atoms with Crippen molar-refractivity contribution in [3.63, 3.8) is 0 Å². The van der Waals surface area contributed by atoms with Crippen molar-refractivity contribution in [2.24, 2.45) is 4.99 Å². The first kappa shape index (κ1) is 18.6. The number of benzene rings is 1. The zero-order valence-electron chi connectivity index (χ0n) is 15.1. The largest absolute Gasteiger partial charge is 0.494 e. The molecule has 0 aliphatic heterocycles. The lowest BCUT2D eigenvalue weighted by Gasteiger charge is -2.14. The van der Waals surface area contributed by atoms with Crippen LogP contribution >= 0.6 is 0 Å². The smallest absolute Gasteiger partial charge is 0.213 e. The summed E-state index contributed by atoms with van der Waals surface area (Å²) in [6.45, 7) is 6.45. The van der Waals surface area contributed by atoms with Gasteiger partial charge in [0, 0.05) is 38.0 Å². The average molecular weight is 342 g/mol. The maximum absolute atomic E-state index is 5.65. The van der Waals surface area contributed by atoms with E-state index in [1.807, 2.05) is 50.2 Å². The molecule has 6 nitrogen and oxygen atoms in total. The average Bonchev–Trinajstić information content (AvgIpc) is 2.64. The van der Waals surface area contributed by atoms with Crippen molar-refractivity contribution in [3.8, 4) is 11.6 Å². The molecule has 2 N–H and O–H groups in total. The number of aromatic nitrogens is 1. The molecule has 0 aliphatic rings. The van der Waals surface area contributed by atoms with Gasteiger partial charge in [0.25, 0.3) is 0 Å². The molecule has 0 unspecified atom stereocenters. The lowest BCUT2D eigenvalue weighted by molar-refractivity contribution is 0.326. The second-order valence-corrected chi connectivity index (χ2v) is 5.26. The Hall–Kier alpha value is -2.76. The lowest BCUT2D eigenvalue weighted by atomic mass is 10.2. The molecular formula is C19H26N4O2. The van der Waals surface area contributed by atoms with Gasteiger partial charge < -0.3 is 20.1 Å². The fourth-order valence-electron chi connectivity index (χ4n) is 2.32. The number of para-hydroxylation sites is 1. The molecule has 25 heavy (non-hydrogen) atoms. The van der Waals surface area contributed by atoms with Crippen LogP contribution in [0.25, 0.3) is 0 Å². The van der Waals surface area contributed by atoms with Crippen LogP contribution in [0.1, 0.15) is 25.0 Å². The molecule has 134 valence electrons. The van der Waals surface area contributed by atoms with Gasteiger partial charge in [-0.3, -0.25) is 4.99 Å². The molecule has 0 atom stereocenters. The summed E-state index contributed by atoms with van der Waals surface area (Å²) >= 11 is 0. The van der Waals surface area contributed by atoms with Gasteiger partial charge in [0.05, 0.1) is 13.2 Å². The van der Waals surface area contributed by atoms with E-state index in [1.165, 1.54) is 0 Å². The van der Waals surface area contributed by atoms with E-state index < -0.39 is 0 Å². The Balaban J connectivity index is 1.90. The number of pyridine rings is 1. The molecule has 0 amide bonds. The number of hydrogen-bond acceptors (Lipinski definition) is 4. The first-order valence-corrected chi connectivity index (χ1v) is 8.49. The van der Waals surface area contributed by atoms with E-state index in [1.54, 1.807) is 13.2 Å². The fraction of sp³-hybridized carbons (Fsp3) is 0.368. The number of nitrogens with one attached hydrogen (secondary N) is 2. The van der Waals surface area contributed by atoms with Crippen molar-refractivity contribution in [2.45, 2.75) is 26.9 Å². The van der Waals surface area contributed by atoms with Gasteiger partial charge in [0.1, 0.15) is 5.75 Å². The van der Waals surface area contributed by atoms with Crippen molar-refractivity contribution < 1.29 is 9.47 Å². The Morgan fingerprint density at radius 1 is 1.04 bits per heavy atom. The Morgan fingerprint density at radius 3 is 2.56 bits per heavy atom. The number of ether oxygens (including phenoxy) is 2. The van der Waals surface area contributed by atoms with Crippen molar-refractivity contribution >= 4 is 5.96 Å². The van der Waals surface area contributed by atoms with Crippen molar-refractivity contribution in [3.05, 3.63) is 53.7 Å². The van der Waals surface area contributed by atoms with E-state index in [2.05, 4.69) is 20.6 Å². The normalized spacial score (nSPS) is 11.1. The monoisotopic (exact) mass is 342 g/mol. The molecular weight excluding hydrogens is 316 g/mol. The van der Waals surface area contributed by atoms with Gasteiger partial charge in [-0.25, -0.2) is 4.98 Å². The summed E-state index contributed by atoms with van der Waals surface area (Å²) in [7, 11) is 1.75. The Bertz CT molecular complexity index is 689. The Labute approximate surface area is 149 Å². The van der Waals surface area contributed by atoms with Gasteiger partial charge in [0.2, 0.25) is 5.88 Å². The highest BCUT2D eigenvalue weighted by atomic mass is 16.5. The minimum Gasteiger partial charge on any atom is -0.494 e. The molecule has 2 rings (SSSR count). The Morgan fingerprint density at radius 2 is 1.80 bits per heavy atom. The third-order valence-corrected chi connectivity index (χ3v) is 3.49. The summed E-state index contributed by atoms with van der Waals surface area (Å²) in [6.07, 6.45) is 1.75. The zero-order valence-corrected chi connectivity index (χ0v) is 15.1. The minimum absolute atomic E-state index is 0.604. The number of aliphatic imine (C=N–C) groups is 1. The molecule has 0 spiro atoms. The molecule has 0 saturated heterocycles. The predicted molar refractivity (Wildman–Crippen MR) is 100 cm³/mol. The van der Waals surface area contributed by atoms with Crippen LogP contribution < -0.4 is 20.1 Å². The molecule has 6 heteroatoms. The summed E-state index contributed by atoms with van der Waals surface area (Å²) in [5, 5.41) is 6.60. The summed E-state index contributed by atoms with van der Waals surface area (Å²) in [4.78, 5) is 8.43. The van der Waals surface area contributed by atoms with Gasteiger partial charge in [-0.2, -0.15) is 0 Å². The maximum Gasteiger partial charge on any atom is 0.213 e. The van der Waals surface area contributed by atoms with Crippen molar-refractivity contribution in [1.82, 2.24) is 15.6 Å². The van der Waals surface area contributed by atoms with E-state index >= 15 is 0 Å². The molecule has 0 radical (unpaired) electrons. The highest BCUT2D eigenvalue weighted by molar-refractivity contribution is 5.79. The van der Waals surface area contributed by atoms with Crippen molar-refractivity contribution in [2.75, 3.05) is 20.3 Å². The van der Waals surface area contributed by atoms with E-state index in [4.69, 9.17) is 9.47 Å². The second kappa shape index (κ2) is 10.2. The third-order valence-electron chi connectivity index (χ3n) is 3.49. The first-order chi connectivity index (χ1) is 12.3. The van der Waals surface area contributed by atoms with E-state index in [9.17, 15) is 0 Å². The number of hydrogen-bond donors (Lipinski definition) is 2. The molecule has 1 aromatic heterocycles. The van der Waals surface area contributed by atoms with Gasteiger partial charge in [0.15, 0.2) is 5.96 Å². The molecule has 0 bridgehead atoms. The molecule has 2 aromatic rings. The first-order valence-electron chi connectivity index (χ1n) is 8.49. The van der Waals surface area contributed by atoms with Crippen LogP contribution in [0.2, 0.25) is 0 Å². The summed E-state index contributed by atoms with van der Waals surface area (Å²) in [5.41, 5.74) is 2.17. The highest BCUT2D eigenvalue weighted by Crippen LogP contribution is 2.17. The molecule has 0 aliphatic carbocycles. The highest BCUT2D eigenvalue weighted by Gasteiger charge is 2.05. The van der Waals surface area contributed by atoms with Crippen LogP contribution in [-0.2, 0) is 13.1 Å². The zero-order chi connectivity index (χ0) is 17.9.